The molecular formula is C9H19N3O4. The number of nitrogens with one attached hydrogen (secondary N) is 2. The van der Waals surface area contributed by atoms with Crippen LogP contribution in [-0.4, -0.2) is 54.4 Å². The van der Waals surface area contributed by atoms with E-state index in [0.29, 0.717) is 0 Å². The lowest BCUT2D eigenvalue weighted by molar-refractivity contribution is -0.139. The van der Waals surface area contributed by atoms with Crippen LogP contribution in [0.2, 0.25) is 0 Å². The molecule has 16 heavy (non-hydrogen) atoms. The number of carbonyl (C=O) groups is 2. The van der Waals surface area contributed by atoms with E-state index in [2.05, 4.69) is 10.6 Å². The second kappa shape index (κ2) is 9.08. The SMILES string of the molecule is C1CNCCN1.N[C@@H](CCC(=O)O)C(=O)O. The summed E-state index contributed by atoms with van der Waals surface area (Å²) >= 11 is 0. The highest BCUT2D eigenvalue weighted by Gasteiger charge is 2.12. The summed E-state index contributed by atoms with van der Waals surface area (Å²) in [4.78, 5) is 19.9. The summed E-state index contributed by atoms with van der Waals surface area (Å²) < 4.78 is 0. The van der Waals surface area contributed by atoms with Crippen molar-refractivity contribution in [2.45, 2.75) is 18.9 Å². The number of nitrogens with two attached hydrogens (primary N) is 1. The Morgan fingerprint density at radius 2 is 1.56 bits per heavy atom. The smallest absolute Gasteiger partial charge is 0.320 e. The van der Waals surface area contributed by atoms with Crippen LogP contribution < -0.4 is 16.4 Å². The second-order valence-corrected chi connectivity index (χ2v) is 3.38. The summed E-state index contributed by atoms with van der Waals surface area (Å²) in [5, 5.41) is 22.7. The molecule has 1 fully saturated rings. The summed E-state index contributed by atoms with van der Waals surface area (Å²) in [6.07, 6.45) is -0.224. The monoisotopic (exact) mass is 233 g/mol. The van der Waals surface area contributed by atoms with Crippen LogP contribution in [0.3, 0.4) is 0 Å². The van der Waals surface area contributed by atoms with Crippen molar-refractivity contribution < 1.29 is 19.8 Å². The molecule has 0 saturated carbocycles. The molecule has 0 amide bonds. The van der Waals surface area contributed by atoms with Crippen LogP contribution in [0.4, 0.5) is 0 Å². The van der Waals surface area contributed by atoms with E-state index in [1.54, 1.807) is 0 Å². The molecule has 0 aromatic rings. The van der Waals surface area contributed by atoms with Gasteiger partial charge in [0.1, 0.15) is 6.04 Å². The molecule has 0 aliphatic carbocycles. The van der Waals surface area contributed by atoms with Crippen LogP contribution in [0.5, 0.6) is 0 Å². The Morgan fingerprint density at radius 1 is 1.12 bits per heavy atom. The number of piperazine rings is 1. The molecule has 94 valence electrons. The minimum absolute atomic E-state index is 0.0231. The predicted molar refractivity (Wildman–Crippen MR) is 58.2 cm³/mol. The first-order valence-electron chi connectivity index (χ1n) is 5.15. The van der Waals surface area contributed by atoms with Crippen molar-refractivity contribution in [1.29, 1.82) is 0 Å². The van der Waals surface area contributed by atoms with Crippen LogP contribution in [0.1, 0.15) is 12.8 Å². The van der Waals surface area contributed by atoms with Gasteiger partial charge in [0.25, 0.3) is 0 Å². The minimum Gasteiger partial charge on any atom is -0.481 e. The summed E-state index contributed by atoms with van der Waals surface area (Å²) in [5.41, 5.74) is 5.00. The predicted octanol–water partition coefficient (Wildman–Crippen LogP) is -1.56. The Morgan fingerprint density at radius 3 is 1.81 bits per heavy atom. The van der Waals surface area contributed by atoms with Crippen LogP contribution >= 0.6 is 0 Å². The lowest BCUT2D eigenvalue weighted by atomic mass is 10.2. The third-order valence-corrected chi connectivity index (χ3v) is 1.94. The Kier molecular flexibility index (Phi) is 8.41. The molecule has 0 radical (unpaired) electrons. The minimum atomic E-state index is -1.17. The van der Waals surface area contributed by atoms with Crippen molar-refractivity contribution in [2.24, 2.45) is 5.73 Å². The molecule has 1 heterocycles. The van der Waals surface area contributed by atoms with Crippen LogP contribution in [-0.2, 0) is 9.59 Å². The zero-order valence-electron chi connectivity index (χ0n) is 9.11. The van der Waals surface area contributed by atoms with E-state index in [1.807, 2.05) is 0 Å². The summed E-state index contributed by atoms with van der Waals surface area (Å²) in [6, 6.07) is -1.06. The molecule has 7 heteroatoms. The fourth-order valence-electron chi connectivity index (χ4n) is 1.01. The highest BCUT2D eigenvalue weighted by molar-refractivity contribution is 5.74. The standard InChI is InChI=1S/C5H9NO4.C4H10N2/c6-3(5(9)10)1-2-4(7)8;1-2-6-4-3-5-1/h3H,1-2,6H2,(H,7,8)(H,9,10);5-6H,1-4H2/t3-;/m0./s1. The highest BCUT2D eigenvalue weighted by atomic mass is 16.4. The quantitative estimate of drug-likeness (QED) is 0.398. The zero-order valence-corrected chi connectivity index (χ0v) is 9.11. The normalized spacial score (nSPS) is 16.8. The third-order valence-electron chi connectivity index (χ3n) is 1.94. The van der Waals surface area contributed by atoms with Crippen LogP contribution in [0.15, 0.2) is 0 Å². The Hall–Kier alpha value is -1.18. The molecule has 1 saturated heterocycles. The van der Waals surface area contributed by atoms with Crippen molar-refractivity contribution in [3.05, 3.63) is 0 Å². The molecule has 0 spiro atoms. The maximum atomic E-state index is 9.99. The third kappa shape index (κ3) is 9.38. The summed E-state index contributed by atoms with van der Waals surface area (Å²) in [6.45, 7) is 4.56. The molecule has 1 rings (SSSR count). The van der Waals surface area contributed by atoms with Crippen molar-refractivity contribution >= 4 is 11.9 Å². The van der Waals surface area contributed by atoms with E-state index >= 15 is 0 Å². The lowest BCUT2D eigenvalue weighted by Crippen LogP contribution is -2.39. The molecule has 6 N–H and O–H groups in total. The Bertz CT molecular complexity index is 207. The van der Waals surface area contributed by atoms with Crippen LogP contribution in [0, 0.1) is 0 Å². The first-order valence-corrected chi connectivity index (χ1v) is 5.15. The highest BCUT2D eigenvalue weighted by Crippen LogP contribution is 1.93. The Balaban J connectivity index is 0.000000315. The molecule has 1 aliphatic heterocycles. The number of rotatable bonds is 4. The number of carboxylic acids is 2. The van der Waals surface area contributed by atoms with E-state index in [-0.39, 0.29) is 12.8 Å². The zero-order chi connectivity index (χ0) is 12.4. The molecule has 1 aliphatic rings. The summed E-state index contributed by atoms with van der Waals surface area (Å²) in [7, 11) is 0. The molecule has 1 atom stereocenters. The molecule has 0 aromatic carbocycles. The molecule has 7 nitrogen and oxygen atoms in total. The lowest BCUT2D eigenvalue weighted by Gasteiger charge is -2.11. The molecule has 0 bridgehead atoms. The molecule has 0 aromatic heterocycles. The van der Waals surface area contributed by atoms with Crippen LogP contribution in [0.25, 0.3) is 0 Å². The van der Waals surface area contributed by atoms with Gasteiger partial charge < -0.3 is 26.6 Å². The number of carboxylic acid groups (broad SMARTS) is 2. The van der Waals surface area contributed by atoms with Gasteiger partial charge in [-0.25, -0.2) is 0 Å². The van der Waals surface area contributed by atoms with Crippen molar-refractivity contribution in [1.82, 2.24) is 10.6 Å². The van der Waals surface area contributed by atoms with Gasteiger partial charge >= 0.3 is 11.9 Å². The maximum absolute atomic E-state index is 9.99. The van der Waals surface area contributed by atoms with Gasteiger partial charge in [0, 0.05) is 32.6 Å². The van der Waals surface area contributed by atoms with Gasteiger partial charge in [-0.3, -0.25) is 9.59 Å². The molecular weight excluding hydrogens is 214 g/mol. The van der Waals surface area contributed by atoms with Crippen molar-refractivity contribution in [2.75, 3.05) is 26.2 Å². The van der Waals surface area contributed by atoms with Crippen molar-refractivity contribution in [3.63, 3.8) is 0 Å². The van der Waals surface area contributed by atoms with Gasteiger partial charge in [-0.1, -0.05) is 0 Å². The van der Waals surface area contributed by atoms with E-state index in [1.165, 1.54) is 0 Å². The van der Waals surface area contributed by atoms with E-state index in [0.717, 1.165) is 26.2 Å². The fraction of sp³-hybridized carbons (Fsp3) is 0.778. The number of hydrogen-bond donors (Lipinski definition) is 5. The van der Waals surface area contributed by atoms with Gasteiger partial charge in [-0.15, -0.1) is 0 Å². The summed E-state index contributed by atoms with van der Waals surface area (Å²) in [5.74, 6) is -2.20. The van der Waals surface area contributed by atoms with E-state index in [4.69, 9.17) is 15.9 Å². The van der Waals surface area contributed by atoms with E-state index < -0.39 is 18.0 Å². The second-order valence-electron chi connectivity index (χ2n) is 3.38. The first kappa shape index (κ1) is 14.8. The topological polar surface area (TPSA) is 125 Å². The largest absolute Gasteiger partial charge is 0.481 e. The average molecular weight is 233 g/mol. The number of hydrogen-bond acceptors (Lipinski definition) is 5. The van der Waals surface area contributed by atoms with Crippen molar-refractivity contribution in [3.8, 4) is 0 Å². The van der Waals surface area contributed by atoms with Gasteiger partial charge in [-0.2, -0.15) is 0 Å². The Labute approximate surface area is 94.0 Å². The van der Waals surface area contributed by atoms with Gasteiger partial charge in [0.05, 0.1) is 0 Å². The average Bonchev–Trinajstić information content (AvgIpc) is 2.28. The van der Waals surface area contributed by atoms with Gasteiger partial charge in [0.2, 0.25) is 0 Å². The number of aliphatic carboxylic acids is 2. The first-order chi connectivity index (χ1) is 7.54. The fourth-order valence-corrected chi connectivity index (χ4v) is 1.01. The maximum Gasteiger partial charge on any atom is 0.320 e. The molecule has 0 unspecified atom stereocenters. The van der Waals surface area contributed by atoms with E-state index in [9.17, 15) is 9.59 Å². The van der Waals surface area contributed by atoms with Gasteiger partial charge in [0.15, 0.2) is 0 Å². The van der Waals surface area contributed by atoms with Gasteiger partial charge in [-0.05, 0) is 6.42 Å².